The van der Waals surface area contributed by atoms with Gasteiger partial charge in [-0.3, -0.25) is 0 Å². The zero-order chi connectivity index (χ0) is 19.3. The number of likely N-dealkylation sites (tertiary alicyclic amines) is 1. The number of imidazole rings is 1. The van der Waals surface area contributed by atoms with E-state index in [2.05, 4.69) is 20.9 Å². The molecule has 1 aromatic carbocycles. The number of nitrogens with one attached hydrogen (secondary N) is 1. The third-order valence-electron chi connectivity index (χ3n) is 7.18. The van der Waals surface area contributed by atoms with Crippen LogP contribution >= 0.6 is 0 Å². The summed E-state index contributed by atoms with van der Waals surface area (Å²) in [7, 11) is 0. The standard InChI is InChI=1S/C22H30N4O2/c1-14-23-18-8-4-5-9-19(18)26(14)20-10-15-12-25(13-16(15)11-21(20)27)22(28)24-17-6-2-3-7-17/h4-5,8-9,15-17,20-21,27H,2-3,6-7,10-13H2,1H3,(H,24,28)/t15-,16+,20-,21-/m0/s1. The fourth-order valence-corrected chi connectivity index (χ4v) is 5.77. The molecule has 2 saturated carbocycles. The van der Waals surface area contributed by atoms with Crippen LogP contribution in [0.3, 0.4) is 0 Å². The number of aliphatic hydroxyl groups excluding tert-OH is 1. The number of nitrogens with zero attached hydrogens (tertiary/aromatic N) is 3. The Labute approximate surface area is 165 Å². The minimum Gasteiger partial charge on any atom is -0.391 e. The highest BCUT2D eigenvalue weighted by atomic mass is 16.3. The number of carbonyl (C=O) groups excluding carboxylic acids is 1. The van der Waals surface area contributed by atoms with Gasteiger partial charge in [-0.25, -0.2) is 9.78 Å². The molecule has 0 unspecified atom stereocenters. The summed E-state index contributed by atoms with van der Waals surface area (Å²) in [5, 5.41) is 14.2. The summed E-state index contributed by atoms with van der Waals surface area (Å²) in [4.78, 5) is 19.4. The molecule has 4 atom stereocenters. The second-order valence-corrected chi connectivity index (χ2v) is 8.98. The number of aliphatic hydroxyl groups is 1. The summed E-state index contributed by atoms with van der Waals surface area (Å²) in [5.74, 6) is 1.80. The molecule has 1 aliphatic heterocycles. The molecule has 2 amide bonds. The van der Waals surface area contributed by atoms with E-state index in [4.69, 9.17) is 0 Å². The smallest absolute Gasteiger partial charge is 0.317 e. The summed E-state index contributed by atoms with van der Waals surface area (Å²) in [6.45, 7) is 3.60. The van der Waals surface area contributed by atoms with Crippen molar-refractivity contribution in [3.8, 4) is 0 Å². The molecule has 2 aromatic rings. The van der Waals surface area contributed by atoms with E-state index in [0.717, 1.165) is 55.6 Å². The van der Waals surface area contributed by atoms with Crippen molar-refractivity contribution in [1.29, 1.82) is 0 Å². The molecule has 0 radical (unpaired) electrons. The lowest BCUT2D eigenvalue weighted by molar-refractivity contribution is 0.0366. The van der Waals surface area contributed by atoms with Crippen molar-refractivity contribution >= 4 is 17.1 Å². The van der Waals surface area contributed by atoms with Crippen molar-refractivity contribution in [2.45, 2.75) is 63.6 Å². The van der Waals surface area contributed by atoms with Gasteiger partial charge in [0.2, 0.25) is 0 Å². The van der Waals surface area contributed by atoms with Crippen LogP contribution in [0.2, 0.25) is 0 Å². The first-order valence-corrected chi connectivity index (χ1v) is 10.8. The van der Waals surface area contributed by atoms with Gasteiger partial charge in [0.05, 0.1) is 23.2 Å². The van der Waals surface area contributed by atoms with E-state index in [1.807, 2.05) is 30.0 Å². The average molecular weight is 383 g/mol. The SMILES string of the molecule is Cc1nc2ccccc2n1[C@H]1C[C@H]2CN(C(=O)NC3CCCC3)C[C@H]2C[C@@H]1O. The van der Waals surface area contributed by atoms with E-state index in [1.165, 1.54) is 12.8 Å². The summed E-state index contributed by atoms with van der Waals surface area (Å²) in [5.41, 5.74) is 2.08. The lowest BCUT2D eigenvalue weighted by Crippen LogP contribution is -2.43. The summed E-state index contributed by atoms with van der Waals surface area (Å²) in [6.07, 6.45) is 5.94. The van der Waals surface area contributed by atoms with Crippen molar-refractivity contribution in [1.82, 2.24) is 19.8 Å². The van der Waals surface area contributed by atoms with Crippen LogP contribution in [0.4, 0.5) is 4.79 Å². The van der Waals surface area contributed by atoms with Crippen molar-refractivity contribution in [3.05, 3.63) is 30.1 Å². The summed E-state index contributed by atoms with van der Waals surface area (Å²) < 4.78 is 2.22. The molecular formula is C22H30N4O2. The van der Waals surface area contributed by atoms with Crippen molar-refractivity contribution < 1.29 is 9.90 Å². The Morgan fingerprint density at radius 3 is 2.64 bits per heavy atom. The zero-order valence-corrected chi connectivity index (χ0v) is 16.6. The minimum atomic E-state index is -0.393. The van der Waals surface area contributed by atoms with E-state index in [1.54, 1.807) is 0 Å². The van der Waals surface area contributed by atoms with Gasteiger partial charge in [-0.2, -0.15) is 0 Å². The van der Waals surface area contributed by atoms with Gasteiger partial charge < -0.3 is 19.9 Å². The number of aryl methyl sites for hydroxylation is 1. The third kappa shape index (κ3) is 3.08. The number of aromatic nitrogens is 2. The molecule has 3 fully saturated rings. The molecule has 1 saturated heterocycles. The maximum atomic E-state index is 12.7. The van der Waals surface area contributed by atoms with Gasteiger partial charge in [-0.05, 0) is 56.6 Å². The number of fused-ring (bicyclic) bond motifs is 2. The van der Waals surface area contributed by atoms with Crippen LogP contribution in [0.5, 0.6) is 0 Å². The molecule has 6 heteroatoms. The number of benzene rings is 1. The van der Waals surface area contributed by atoms with Crippen molar-refractivity contribution in [2.75, 3.05) is 13.1 Å². The molecule has 2 N–H and O–H groups in total. The number of para-hydroxylation sites is 2. The topological polar surface area (TPSA) is 70.4 Å². The minimum absolute atomic E-state index is 0.0338. The van der Waals surface area contributed by atoms with E-state index in [0.29, 0.717) is 17.9 Å². The van der Waals surface area contributed by atoms with E-state index >= 15 is 0 Å². The fourth-order valence-electron chi connectivity index (χ4n) is 5.77. The molecule has 3 aliphatic rings. The number of carbonyl (C=O) groups is 1. The highest BCUT2D eigenvalue weighted by molar-refractivity contribution is 5.76. The quantitative estimate of drug-likeness (QED) is 0.838. The van der Waals surface area contributed by atoms with Crippen LogP contribution in [-0.4, -0.2) is 50.8 Å². The second-order valence-electron chi connectivity index (χ2n) is 8.98. The number of hydrogen-bond acceptors (Lipinski definition) is 3. The molecule has 0 bridgehead atoms. The Bertz CT molecular complexity index is 873. The highest BCUT2D eigenvalue weighted by Gasteiger charge is 2.44. The van der Waals surface area contributed by atoms with Crippen molar-refractivity contribution in [3.63, 3.8) is 0 Å². The van der Waals surface area contributed by atoms with Gasteiger partial charge in [0, 0.05) is 19.1 Å². The Morgan fingerprint density at radius 2 is 1.86 bits per heavy atom. The van der Waals surface area contributed by atoms with Crippen LogP contribution < -0.4 is 5.32 Å². The largest absolute Gasteiger partial charge is 0.391 e. The van der Waals surface area contributed by atoms with Crippen LogP contribution in [0.25, 0.3) is 11.0 Å². The third-order valence-corrected chi connectivity index (χ3v) is 7.18. The van der Waals surface area contributed by atoms with Crippen LogP contribution in [-0.2, 0) is 0 Å². The molecule has 2 heterocycles. The molecule has 150 valence electrons. The molecular weight excluding hydrogens is 352 g/mol. The summed E-state index contributed by atoms with van der Waals surface area (Å²) >= 11 is 0. The maximum absolute atomic E-state index is 12.7. The van der Waals surface area contributed by atoms with E-state index in [9.17, 15) is 9.90 Å². The number of urea groups is 1. The Hall–Kier alpha value is -2.08. The Balaban J connectivity index is 1.32. The molecule has 5 rings (SSSR count). The van der Waals surface area contributed by atoms with Gasteiger partial charge in [-0.15, -0.1) is 0 Å². The van der Waals surface area contributed by atoms with Gasteiger partial charge >= 0.3 is 6.03 Å². The molecule has 1 aromatic heterocycles. The van der Waals surface area contributed by atoms with Gasteiger partial charge in [0.25, 0.3) is 0 Å². The number of rotatable bonds is 2. The summed E-state index contributed by atoms with van der Waals surface area (Å²) in [6, 6.07) is 8.63. The van der Waals surface area contributed by atoms with Gasteiger partial charge in [0.1, 0.15) is 5.82 Å². The predicted molar refractivity (Wildman–Crippen MR) is 108 cm³/mol. The normalized spacial score (nSPS) is 30.7. The van der Waals surface area contributed by atoms with Gasteiger partial charge in [0.15, 0.2) is 0 Å². The highest BCUT2D eigenvalue weighted by Crippen LogP contribution is 2.42. The first-order valence-electron chi connectivity index (χ1n) is 10.8. The Kier molecular flexibility index (Phi) is 4.54. The maximum Gasteiger partial charge on any atom is 0.317 e. The van der Waals surface area contributed by atoms with E-state index in [-0.39, 0.29) is 12.1 Å². The molecule has 6 nitrogen and oxygen atoms in total. The molecule has 28 heavy (non-hydrogen) atoms. The van der Waals surface area contributed by atoms with Gasteiger partial charge in [-0.1, -0.05) is 25.0 Å². The Morgan fingerprint density at radius 1 is 1.14 bits per heavy atom. The van der Waals surface area contributed by atoms with Crippen LogP contribution in [0.1, 0.15) is 50.4 Å². The van der Waals surface area contributed by atoms with Crippen LogP contribution in [0, 0.1) is 18.8 Å². The first kappa shape index (κ1) is 18.0. The monoisotopic (exact) mass is 382 g/mol. The fraction of sp³-hybridized carbons (Fsp3) is 0.636. The lowest BCUT2D eigenvalue weighted by atomic mass is 9.77. The van der Waals surface area contributed by atoms with E-state index < -0.39 is 6.10 Å². The van der Waals surface area contributed by atoms with Crippen LogP contribution in [0.15, 0.2) is 24.3 Å². The number of amides is 2. The van der Waals surface area contributed by atoms with Crippen molar-refractivity contribution in [2.24, 2.45) is 11.8 Å². The lowest BCUT2D eigenvalue weighted by Gasteiger charge is -2.36. The first-order chi connectivity index (χ1) is 13.6. The molecule has 2 aliphatic carbocycles. The average Bonchev–Trinajstić information content (AvgIpc) is 3.39. The predicted octanol–water partition coefficient (Wildman–Crippen LogP) is 3.24. The zero-order valence-electron chi connectivity index (χ0n) is 16.6. The second kappa shape index (κ2) is 7.07. The number of hydrogen-bond donors (Lipinski definition) is 2. The molecule has 0 spiro atoms.